The molecule has 126 valence electrons. The van der Waals surface area contributed by atoms with Gasteiger partial charge in [-0.3, -0.25) is 9.59 Å². The molecule has 1 saturated heterocycles. The minimum Gasteiger partial charge on any atom is -0.480 e. The van der Waals surface area contributed by atoms with Crippen molar-refractivity contribution in [2.45, 2.75) is 19.8 Å². The van der Waals surface area contributed by atoms with Crippen molar-refractivity contribution in [1.82, 2.24) is 4.90 Å². The molecule has 2 rings (SSSR count). The van der Waals surface area contributed by atoms with Gasteiger partial charge in [0.25, 0.3) is 5.91 Å². The van der Waals surface area contributed by atoms with Crippen molar-refractivity contribution < 1.29 is 19.4 Å². The maximum Gasteiger partial charge on any atom is 0.322 e. The van der Waals surface area contributed by atoms with Crippen molar-refractivity contribution in [3.05, 3.63) is 29.8 Å². The van der Waals surface area contributed by atoms with Gasteiger partial charge in [0.2, 0.25) is 0 Å². The molecule has 1 amide bonds. The maximum absolute atomic E-state index is 12.7. The van der Waals surface area contributed by atoms with Crippen LogP contribution >= 0.6 is 0 Å². The monoisotopic (exact) mass is 320 g/mol. The maximum atomic E-state index is 12.7. The second kappa shape index (κ2) is 8.53. The normalized spacial score (nSPS) is 17.3. The average molecular weight is 320 g/mol. The fourth-order valence-corrected chi connectivity index (χ4v) is 2.71. The highest BCUT2D eigenvalue weighted by Gasteiger charge is 2.28. The molecule has 0 aliphatic carbocycles. The number of amides is 1. The third-order valence-electron chi connectivity index (χ3n) is 3.86. The Labute approximate surface area is 136 Å². The summed E-state index contributed by atoms with van der Waals surface area (Å²) in [6.07, 6.45) is 1.94. The lowest BCUT2D eigenvalue weighted by Crippen LogP contribution is -2.30. The van der Waals surface area contributed by atoms with Crippen molar-refractivity contribution in [2.75, 3.05) is 38.2 Å². The fourth-order valence-electron chi connectivity index (χ4n) is 2.71. The molecule has 1 fully saturated rings. The lowest BCUT2D eigenvalue weighted by Gasteiger charge is -2.19. The summed E-state index contributed by atoms with van der Waals surface area (Å²) in [5, 5.41) is 11.6. The Morgan fingerprint density at radius 2 is 2.17 bits per heavy atom. The third-order valence-corrected chi connectivity index (χ3v) is 3.86. The van der Waals surface area contributed by atoms with E-state index in [9.17, 15) is 9.59 Å². The zero-order valence-electron chi connectivity index (χ0n) is 13.5. The Morgan fingerprint density at radius 1 is 1.39 bits per heavy atom. The van der Waals surface area contributed by atoms with Crippen molar-refractivity contribution in [3.8, 4) is 0 Å². The minimum absolute atomic E-state index is 0.0588. The van der Waals surface area contributed by atoms with Crippen LogP contribution in [0.2, 0.25) is 0 Å². The molecule has 1 atom stereocenters. The van der Waals surface area contributed by atoms with Crippen LogP contribution in [0.25, 0.3) is 0 Å². The number of nitrogens with zero attached hydrogens (tertiary/aromatic N) is 1. The van der Waals surface area contributed by atoms with Crippen LogP contribution in [0.3, 0.4) is 0 Å². The van der Waals surface area contributed by atoms with Crippen molar-refractivity contribution in [1.29, 1.82) is 0 Å². The van der Waals surface area contributed by atoms with Crippen LogP contribution in [0.1, 0.15) is 30.1 Å². The highest BCUT2D eigenvalue weighted by Crippen LogP contribution is 2.22. The van der Waals surface area contributed by atoms with E-state index in [2.05, 4.69) is 12.2 Å². The van der Waals surface area contributed by atoms with Gasteiger partial charge in [-0.2, -0.15) is 0 Å². The molecular formula is C17H24N2O4. The Hall–Kier alpha value is -2.08. The topological polar surface area (TPSA) is 78.9 Å². The molecule has 1 unspecified atom stereocenters. The summed E-state index contributed by atoms with van der Waals surface area (Å²) in [7, 11) is 0. The number of rotatable bonds is 8. The van der Waals surface area contributed by atoms with E-state index in [0.29, 0.717) is 36.9 Å². The van der Waals surface area contributed by atoms with Gasteiger partial charge in [0, 0.05) is 31.3 Å². The molecular weight excluding hydrogens is 296 g/mol. The number of hydrogen-bond donors (Lipinski definition) is 2. The summed E-state index contributed by atoms with van der Waals surface area (Å²) in [5.74, 6) is -0.636. The van der Waals surface area contributed by atoms with Gasteiger partial charge in [-0.1, -0.05) is 19.1 Å². The lowest BCUT2D eigenvalue weighted by atomic mass is 10.1. The predicted octanol–water partition coefficient (Wildman–Crippen LogP) is 2.07. The number of benzene rings is 1. The average Bonchev–Trinajstić information content (AvgIpc) is 3.01. The van der Waals surface area contributed by atoms with Gasteiger partial charge in [-0.25, -0.2) is 0 Å². The second-order valence-corrected chi connectivity index (χ2v) is 5.77. The first-order chi connectivity index (χ1) is 11.1. The summed E-state index contributed by atoms with van der Waals surface area (Å²) >= 11 is 0. The number of para-hydroxylation sites is 1. The predicted molar refractivity (Wildman–Crippen MR) is 87.7 cm³/mol. The highest BCUT2D eigenvalue weighted by molar-refractivity contribution is 6.00. The number of ether oxygens (including phenoxy) is 1. The number of anilines is 1. The molecule has 6 heteroatoms. The number of carbonyl (C=O) groups excluding carboxylic acids is 1. The smallest absolute Gasteiger partial charge is 0.322 e. The van der Waals surface area contributed by atoms with Crippen LogP contribution in [0.15, 0.2) is 24.3 Å². The van der Waals surface area contributed by atoms with E-state index in [1.54, 1.807) is 24.3 Å². The van der Waals surface area contributed by atoms with Gasteiger partial charge in [0.15, 0.2) is 0 Å². The van der Waals surface area contributed by atoms with Crippen LogP contribution < -0.4 is 5.32 Å². The van der Waals surface area contributed by atoms with E-state index in [-0.39, 0.29) is 12.5 Å². The van der Waals surface area contributed by atoms with Gasteiger partial charge >= 0.3 is 5.97 Å². The zero-order valence-corrected chi connectivity index (χ0v) is 13.5. The molecule has 0 radical (unpaired) electrons. The number of hydrogen-bond acceptors (Lipinski definition) is 4. The van der Waals surface area contributed by atoms with E-state index >= 15 is 0 Å². The van der Waals surface area contributed by atoms with Gasteiger partial charge in [0.1, 0.15) is 6.54 Å². The number of carbonyl (C=O) groups is 2. The van der Waals surface area contributed by atoms with E-state index in [1.807, 2.05) is 4.90 Å². The van der Waals surface area contributed by atoms with E-state index < -0.39 is 5.97 Å². The first kappa shape index (κ1) is 17.3. The first-order valence-electron chi connectivity index (χ1n) is 8.03. The van der Waals surface area contributed by atoms with Gasteiger partial charge in [0.05, 0.1) is 12.2 Å². The van der Waals surface area contributed by atoms with Crippen LogP contribution in [-0.2, 0) is 9.53 Å². The van der Waals surface area contributed by atoms with Crippen LogP contribution in [0.5, 0.6) is 0 Å². The summed E-state index contributed by atoms with van der Waals surface area (Å²) in [5.41, 5.74) is 1.08. The number of nitrogens with one attached hydrogen (secondary N) is 1. The molecule has 0 aromatic heterocycles. The molecule has 2 N–H and O–H groups in total. The van der Waals surface area contributed by atoms with Crippen LogP contribution in [0.4, 0.5) is 5.69 Å². The highest BCUT2D eigenvalue weighted by atomic mass is 16.5. The summed E-state index contributed by atoms with van der Waals surface area (Å²) in [6, 6.07) is 7.03. The molecule has 0 spiro atoms. The Kier molecular flexibility index (Phi) is 6.40. The largest absolute Gasteiger partial charge is 0.480 e. The van der Waals surface area contributed by atoms with E-state index in [1.165, 1.54) is 0 Å². The third kappa shape index (κ3) is 4.96. The molecule has 1 aromatic carbocycles. The fraction of sp³-hybridized carbons (Fsp3) is 0.529. The summed E-state index contributed by atoms with van der Waals surface area (Å²) in [4.78, 5) is 25.2. The van der Waals surface area contributed by atoms with Crippen molar-refractivity contribution >= 4 is 17.6 Å². The van der Waals surface area contributed by atoms with Crippen LogP contribution in [-0.4, -0.2) is 54.7 Å². The van der Waals surface area contributed by atoms with E-state index in [4.69, 9.17) is 9.84 Å². The van der Waals surface area contributed by atoms with Crippen LogP contribution in [0, 0.1) is 5.92 Å². The van der Waals surface area contributed by atoms with Crippen molar-refractivity contribution in [2.24, 2.45) is 5.92 Å². The molecule has 6 nitrogen and oxygen atoms in total. The standard InChI is InChI=1S/C17H24N2O4/c1-2-9-23-12-13-7-8-19(11-13)17(22)14-5-3-4-6-15(14)18-10-16(20)21/h3-6,13,18H,2,7-12H2,1H3,(H,20,21). The summed E-state index contributed by atoms with van der Waals surface area (Å²) < 4.78 is 5.57. The quantitative estimate of drug-likeness (QED) is 0.717. The Bertz CT molecular complexity index is 547. The van der Waals surface area contributed by atoms with Gasteiger partial charge < -0.3 is 20.1 Å². The Morgan fingerprint density at radius 3 is 2.91 bits per heavy atom. The number of carboxylic acid groups (broad SMARTS) is 1. The minimum atomic E-state index is -0.957. The SMILES string of the molecule is CCCOCC1CCN(C(=O)c2ccccc2NCC(=O)O)C1. The number of carboxylic acids is 1. The number of likely N-dealkylation sites (tertiary alicyclic amines) is 1. The first-order valence-corrected chi connectivity index (χ1v) is 8.03. The lowest BCUT2D eigenvalue weighted by molar-refractivity contribution is -0.134. The van der Waals surface area contributed by atoms with Crippen molar-refractivity contribution in [3.63, 3.8) is 0 Å². The molecule has 1 heterocycles. The van der Waals surface area contributed by atoms with Gasteiger partial charge in [-0.15, -0.1) is 0 Å². The molecule has 0 saturated carbocycles. The molecule has 1 aliphatic heterocycles. The summed E-state index contributed by atoms with van der Waals surface area (Å²) in [6.45, 7) is 4.72. The van der Waals surface area contributed by atoms with E-state index in [0.717, 1.165) is 19.4 Å². The zero-order chi connectivity index (χ0) is 16.7. The number of aliphatic carboxylic acids is 1. The molecule has 23 heavy (non-hydrogen) atoms. The Balaban J connectivity index is 1.97. The molecule has 1 aromatic rings. The van der Waals surface area contributed by atoms with Gasteiger partial charge in [-0.05, 0) is 25.0 Å². The molecule has 1 aliphatic rings. The molecule has 0 bridgehead atoms. The second-order valence-electron chi connectivity index (χ2n) is 5.77.